The minimum atomic E-state index is -3.79. The number of anilines is 1. The zero-order valence-electron chi connectivity index (χ0n) is 15.6. The number of methoxy groups -OCH3 is 1. The van der Waals surface area contributed by atoms with Crippen LogP contribution in [0.5, 0.6) is 0 Å². The second-order valence-corrected chi connectivity index (χ2v) is 7.95. The molecule has 2 aromatic rings. The predicted octanol–water partition coefficient (Wildman–Crippen LogP) is 0.603. The third kappa shape index (κ3) is 6.12. The number of pyridine rings is 1. The molecule has 0 spiro atoms. The summed E-state index contributed by atoms with van der Waals surface area (Å²) in [5.41, 5.74) is 1.33. The summed E-state index contributed by atoms with van der Waals surface area (Å²) in [7, 11) is -1.04. The van der Waals surface area contributed by atoms with Gasteiger partial charge in [0.05, 0.1) is 6.54 Å². The monoisotopic (exact) mass is 406 g/mol. The summed E-state index contributed by atoms with van der Waals surface area (Å²) in [6, 6.07) is 9.88. The van der Waals surface area contributed by atoms with Gasteiger partial charge in [0.15, 0.2) is 0 Å². The molecule has 150 valence electrons. The van der Waals surface area contributed by atoms with Crippen molar-refractivity contribution in [2.75, 3.05) is 32.6 Å². The van der Waals surface area contributed by atoms with Crippen molar-refractivity contribution in [3.05, 3.63) is 54.4 Å². The van der Waals surface area contributed by atoms with E-state index in [1.807, 2.05) is 0 Å². The Balaban J connectivity index is 1.91. The van der Waals surface area contributed by atoms with Gasteiger partial charge in [-0.15, -0.1) is 0 Å². The Kier molecular flexibility index (Phi) is 7.61. The molecule has 0 aliphatic carbocycles. The van der Waals surface area contributed by atoms with Gasteiger partial charge in [0, 0.05) is 38.8 Å². The molecule has 2 amide bonds. The zero-order chi connectivity index (χ0) is 20.6. The summed E-state index contributed by atoms with van der Waals surface area (Å²) in [5, 5.41) is 5.33. The number of nitrogens with one attached hydrogen (secondary N) is 2. The van der Waals surface area contributed by atoms with Crippen LogP contribution in [0.1, 0.15) is 5.56 Å². The van der Waals surface area contributed by atoms with Gasteiger partial charge >= 0.3 is 0 Å². The highest BCUT2D eigenvalue weighted by molar-refractivity contribution is 7.89. The van der Waals surface area contributed by atoms with Crippen LogP contribution in [0.4, 0.5) is 5.69 Å². The number of hydrogen-bond donors (Lipinski definition) is 2. The van der Waals surface area contributed by atoms with Crippen LogP contribution in [0.15, 0.2) is 53.7 Å². The molecule has 0 fully saturated rings. The molecule has 0 unspecified atom stereocenters. The van der Waals surface area contributed by atoms with E-state index < -0.39 is 15.9 Å². The zero-order valence-corrected chi connectivity index (χ0v) is 16.4. The Morgan fingerprint density at radius 3 is 2.64 bits per heavy atom. The van der Waals surface area contributed by atoms with E-state index in [1.54, 1.807) is 24.3 Å². The summed E-state index contributed by atoms with van der Waals surface area (Å²) < 4.78 is 30.5. The number of amides is 2. The van der Waals surface area contributed by atoms with Crippen LogP contribution in [0.25, 0.3) is 0 Å². The Morgan fingerprint density at radius 2 is 1.96 bits per heavy atom. The van der Waals surface area contributed by atoms with Gasteiger partial charge in [-0.05, 0) is 29.8 Å². The maximum Gasteiger partial charge on any atom is 0.250 e. The van der Waals surface area contributed by atoms with Crippen molar-refractivity contribution in [3.63, 3.8) is 0 Å². The quantitative estimate of drug-likeness (QED) is 0.630. The summed E-state index contributed by atoms with van der Waals surface area (Å²) >= 11 is 0. The fourth-order valence-electron chi connectivity index (χ4n) is 2.31. The fourth-order valence-corrected chi connectivity index (χ4v) is 3.40. The van der Waals surface area contributed by atoms with E-state index in [9.17, 15) is 18.0 Å². The van der Waals surface area contributed by atoms with Crippen molar-refractivity contribution in [2.24, 2.45) is 0 Å². The van der Waals surface area contributed by atoms with E-state index in [4.69, 9.17) is 4.74 Å². The topological polar surface area (TPSA) is 118 Å². The SMILES string of the molecule is COCC(=O)Nc1cccc(CNC(=O)CN(C)S(=O)(=O)c2cccnc2)c1. The van der Waals surface area contributed by atoms with Crippen molar-refractivity contribution in [1.29, 1.82) is 0 Å². The molecule has 1 heterocycles. The number of sulfonamides is 1. The van der Waals surface area contributed by atoms with Crippen LogP contribution in [0, 0.1) is 0 Å². The molecule has 2 rings (SSSR count). The Hall–Kier alpha value is -2.82. The first-order chi connectivity index (χ1) is 13.3. The van der Waals surface area contributed by atoms with Gasteiger partial charge in [-0.25, -0.2) is 8.42 Å². The van der Waals surface area contributed by atoms with Gasteiger partial charge in [-0.2, -0.15) is 4.31 Å². The number of hydrogen-bond acceptors (Lipinski definition) is 6. The van der Waals surface area contributed by atoms with Crippen molar-refractivity contribution >= 4 is 27.5 Å². The Morgan fingerprint density at radius 1 is 1.18 bits per heavy atom. The van der Waals surface area contributed by atoms with E-state index in [1.165, 1.54) is 38.7 Å². The molecular weight excluding hydrogens is 384 g/mol. The highest BCUT2D eigenvalue weighted by atomic mass is 32.2. The smallest absolute Gasteiger partial charge is 0.250 e. The Labute approximate surface area is 163 Å². The lowest BCUT2D eigenvalue weighted by molar-refractivity contribution is -0.121. The van der Waals surface area contributed by atoms with Gasteiger partial charge in [0.2, 0.25) is 21.8 Å². The van der Waals surface area contributed by atoms with E-state index in [0.717, 1.165) is 9.87 Å². The lowest BCUT2D eigenvalue weighted by Gasteiger charge is -2.16. The Bertz CT molecular complexity index is 919. The summed E-state index contributed by atoms with van der Waals surface area (Å²) in [6.45, 7) is -0.201. The number of likely N-dealkylation sites (N-methyl/N-ethyl adjacent to an activating group) is 1. The first-order valence-corrected chi connectivity index (χ1v) is 9.77. The first-order valence-electron chi connectivity index (χ1n) is 8.33. The molecule has 0 aliphatic heterocycles. The lowest BCUT2D eigenvalue weighted by Crippen LogP contribution is -2.38. The van der Waals surface area contributed by atoms with Crippen molar-refractivity contribution in [3.8, 4) is 0 Å². The molecule has 0 saturated heterocycles. The fraction of sp³-hybridized carbons (Fsp3) is 0.278. The van der Waals surface area contributed by atoms with Crippen LogP contribution in [0.3, 0.4) is 0 Å². The van der Waals surface area contributed by atoms with Gasteiger partial charge < -0.3 is 15.4 Å². The molecule has 0 aliphatic rings. The maximum atomic E-state index is 12.4. The molecule has 0 bridgehead atoms. The molecule has 0 radical (unpaired) electrons. The molecule has 10 heteroatoms. The largest absolute Gasteiger partial charge is 0.375 e. The van der Waals surface area contributed by atoms with Crippen molar-refractivity contribution < 1.29 is 22.7 Å². The molecule has 1 aromatic heterocycles. The molecular formula is C18H22N4O5S. The molecule has 0 atom stereocenters. The minimum Gasteiger partial charge on any atom is -0.375 e. The van der Waals surface area contributed by atoms with Crippen LogP contribution < -0.4 is 10.6 Å². The third-order valence-corrected chi connectivity index (χ3v) is 5.47. The number of aromatic nitrogens is 1. The van der Waals surface area contributed by atoms with Gasteiger partial charge in [0.25, 0.3) is 0 Å². The highest BCUT2D eigenvalue weighted by Gasteiger charge is 2.22. The first kappa shape index (κ1) is 21.5. The summed E-state index contributed by atoms with van der Waals surface area (Å²) in [5.74, 6) is -0.741. The minimum absolute atomic E-state index is 0.0183. The van der Waals surface area contributed by atoms with Crippen LogP contribution in [0.2, 0.25) is 0 Å². The van der Waals surface area contributed by atoms with Crippen molar-refractivity contribution in [1.82, 2.24) is 14.6 Å². The second kappa shape index (κ2) is 9.93. The number of nitrogens with zero attached hydrogens (tertiary/aromatic N) is 2. The van der Waals surface area contributed by atoms with Gasteiger partial charge in [-0.1, -0.05) is 12.1 Å². The highest BCUT2D eigenvalue weighted by Crippen LogP contribution is 2.12. The summed E-state index contributed by atoms with van der Waals surface area (Å²) in [4.78, 5) is 27.5. The molecule has 0 saturated carbocycles. The lowest BCUT2D eigenvalue weighted by atomic mass is 10.2. The average molecular weight is 406 g/mol. The van der Waals surface area contributed by atoms with E-state index in [0.29, 0.717) is 5.69 Å². The van der Waals surface area contributed by atoms with E-state index in [-0.39, 0.29) is 30.5 Å². The van der Waals surface area contributed by atoms with Crippen LogP contribution in [-0.4, -0.2) is 56.8 Å². The molecule has 9 nitrogen and oxygen atoms in total. The maximum absolute atomic E-state index is 12.4. The predicted molar refractivity (Wildman–Crippen MR) is 103 cm³/mol. The molecule has 2 N–H and O–H groups in total. The standard InChI is InChI=1S/C18H22N4O5S/c1-22(28(25,26)16-7-4-8-19-11-16)12-17(23)20-10-14-5-3-6-15(9-14)21-18(24)13-27-2/h3-9,11H,10,12-13H2,1-2H3,(H,20,23)(H,21,24). The average Bonchev–Trinajstić information content (AvgIpc) is 2.67. The summed E-state index contributed by atoms with van der Waals surface area (Å²) in [6.07, 6.45) is 2.70. The van der Waals surface area contributed by atoms with E-state index in [2.05, 4.69) is 15.6 Å². The normalized spacial score (nSPS) is 11.2. The second-order valence-electron chi connectivity index (χ2n) is 5.91. The molecule has 28 heavy (non-hydrogen) atoms. The molecule has 1 aromatic carbocycles. The van der Waals surface area contributed by atoms with E-state index >= 15 is 0 Å². The number of rotatable bonds is 9. The van der Waals surface area contributed by atoms with Crippen molar-refractivity contribution in [2.45, 2.75) is 11.4 Å². The van der Waals surface area contributed by atoms with Gasteiger partial charge in [0.1, 0.15) is 11.5 Å². The number of benzene rings is 1. The van der Waals surface area contributed by atoms with Crippen LogP contribution >= 0.6 is 0 Å². The van der Waals surface area contributed by atoms with Gasteiger partial charge in [-0.3, -0.25) is 14.6 Å². The number of ether oxygens (including phenoxy) is 1. The van der Waals surface area contributed by atoms with Crippen LogP contribution in [-0.2, 0) is 30.9 Å². The number of carbonyl (C=O) groups excluding carboxylic acids is 2. The number of carbonyl (C=O) groups is 2. The third-order valence-electron chi connectivity index (χ3n) is 3.68.